The van der Waals surface area contributed by atoms with Gasteiger partial charge in [-0.15, -0.1) is 0 Å². The average molecular weight is 453 g/mol. The van der Waals surface area contributed by atoms with E-state index in [1.54, 1.807) is 31.4 Å². The van der Waals surface area contributed by atoms with Gasteiger partial charge in [0.1, 0.15) is 18.0 Å². The van der Waals surface area contributed by atoms with Crippen molar-refractivity contribution >= 4 is 11.9 Å². The summed E-state index contributed by atoms with van der Waals surface area (Å²) < 4.78 is 33.1. The molecule has 1 aliphatic heterocycles. The molecule has 176 valence electrons. The first-order valence-corrected chi connectivity index (χ1v) is 9.87. The smallest absolute Gasteiger partial charge is 0.303 e. The lowest BCUT2D eigenvalue weighted by Crippen LogP contribution is -2.62. The number of methoxy groups -OCH3 is 1. The lowest BCUT2D eigenvalue weighted by Gasteiger charge is -2.44. The molecule has 0 radical (unpaired) electrons. The van der Waals surface area contributed by atoms with Crippen molar-refractivity contribution in [1.82, 2.24) is 0 Å². The van der Waals surface area contributed by atoms with E-state index in [1.807, 2.05) is 0 Å². The van der Waals surface area contributed by atoms with Crippen LogP contribution in [-0.2, 0) is 39.9 Å². The topological polar surface area (TPSA) is 159 Å². The van der Waals surface area contributed by atoms with Crippen LogP contribution in [0.1, 0.15) is 19.4 Å². The van der Waals surface area contributed by atoms with Crippen LogP contribution >= 0.6 is 0 Å². The molecule has 1 fully saturated rings. The minimum atomic E-state index is -1.19. The summed E-state index contributed by atoms with van der Waals surface area (Å²) in [5, 5.41) is 13.2. The van der Waals surface area contributed by atoms with Crippen LogP contribution in [-0.4, -0.2) is 74.6 Å². The molecule has 0 spiro atoms. The van der Waals surface area contributed by atoms with Gasteiger partial charge in [0.2, 0.25) is 0 Å². The maximum absolute atomic E-state index is 11.8. The van der Waals surface area contributed by atoms with Crippen molar-refractivity contribution in [3.8, 4) is 5.75 Å². The zero-order chi connectivity index (χ0) is 23.5. The molecule has 0 saturated carbocycles. The molecule has 1 aromatic rings. The summed E-state index contributed by atoms with van der Waals surface area (Å²) in [7, 11) is 1.56. The number of ether oxygens (including phenoxy) is 6. The van der Waals surface area contributed by atoms with E-state index < -0.39 is 49.3 Å². The van der Waals surface area contributed by atoms with Gasteiger partial charge in [0.15, 0.2) is 18.5 Å². The number of aliphatic hydroxyl groups excluding tert-OH is 1. The van der Waals surface area contributed by atoms with E-state index in [2.05, 4.69) is 10.0 Å². The number of esters is 2. The van der Waals surface area contributed by atoms with Gasteiger partial charge in [0.05, 0.1) is 26.9 Å². The molecule has 5 atom stereocenters. The van der Waals surface area contributed by atoms with E-state index in [-0.39, 0.29) is 19.8 Å². The molecular weight excluding hydrogens is 426 g/mol. The Morgan fingerprint density at radius 1 is 1.09 bits per heavy atom. The van der Waals surface area contributed by atoms with Crippen LogP contribution in [0, 0.1) is 0 Å². The summed E-state index contributed by atoms with van der Waals surface area (Å²) >= 11 is 0. The molecule has 1 aromatic carbocycles. The molecule has 12 heteroatoms. The van der Waals surface area contributed by atoms with Crippen molar-refractivity contribution < 1.29 is 43.1 Å². The van der Waals surface area contributed by atoms with Crippen molar-refractivity contribution in [3.05, 3.63) is 40.3 Å². The molecule has 12 nitrogen and oxygen atoms in total. The first kappa shape index (κ1) is 25.4. The molecule has 1 heterocycles. The number of carbonyl (C=O) groups excluding carboxylic acids is 2. The highest BCUT2D eigenvalue weighted by molar-refractivity contribution is 5.67. The maximum atomic E-state index is 11.8. The molecule has 0 unspecified atom stereocenters. The van der Waals surface area contributed by atoms with Gasteiger partial charge in [0.25, 0.3) is 0 Å². The zero-order valence-corrected chi connectivity index (χ0v) is 18.1. The van der Waals surface area contributed by atoms with E-state index in [9.17, 15) is 14.7 Å². The van der Waals surface area contributed by atoms with Gasteiger partial charge in [-0.1, -0.05) is 17.2 Å². The highest BCUT2D eigenvalue weighted by Crippen LogP contribution is 2.30. The van der Waals surface area contributed by atoms with E-state index in [0.29, 0.717) is 5.75 Å². The number of azide groups is 1. The van der Waals surface area contributed by atoms with Gasteiger partial charge < -0.3 is 33.5 Å². The Bertz CT molecular complexity index is 798. The maximum Gasteiger partial charge on any atom is 0.303 e. The Morgan fingerprint density at radius 2 is 1.75 bits per heavy atom. The van der Waals surface area contributed by atoms with Gasteiger partial charge >= 0.3 is 11.9 Å². The molecule has 1 N–H and O–H groups in total. The number of aliphatic hydroxyl groups is 1. The molecule has 0 bridgehead atoms. The van der Waals surface area contributed by atoms with E-state index in [0.717, 1.165) is 5.56 Å². The Balaban J connectivity index is 2.24. The van der Waals surface area contributed by atoms with Crippen LogP contribution in [0.25, 0.3) is 10.4 Å². The zero-order valence-electron chi connectivity index (χ0n) is 18.1. The number of nitrogens with zero attached hydrogens (tertiary/aromatic N) is 3. The van der Waals surface area contributed by atoms with Crippen molar-refractivity contribution in [1.29, 1.82) is 0 Å². The fourth-order valence-corrected chi connectivity index (χ4v) is 3.17. The standard InChI is InChI=1S/C20H27N3O9/c1-12(25)30-18-17(29-11-14-4-6-15(27-3)7-5-14)16(10-24)32-20(19(18)31-13(2)26)28-9-8-22-23-21/h4-7,16-20,24H,8-11H2,1-3H3/t16-,17-,18+,19-,20-/m1/s1. The van der Waals surface area contributed by atoms with Gasteiger partial charge in [-0.3, -0.25) is 9.59 Å². The fourth-order valence-electron chi connectivity index (χ4n) is 3.17. The first-order chi connectivity index (χ1) is 15.4. The Hall–Kier alpha value is -2.89. The van der Waals surface area contributed by atoms with Gasteiger partial charge in [0, 0.05) is 25.3 Å². The molecule has 32 heavy (non-hydrogen) atoms. The fraction of sp³-hybridized carbons (Fsp3) is 0.600. The molecular formula is C20H27N3O9. The SMILES string of the molecule is COc1ccc(CO[C@H]2[C@H](OC(C)=O)[C@@H](OC(C)=O)[C@H](OCCN=[N+]=[N-])O[C@@H]2CO)cc1. The summed E-state index contributed by atoms with van der Waals surface area (Å²) in [5.74, 6) is -0.621. The predicted octanol–water partition coefficient (Wildman–Crippen LogP) is 1.49. The third-order valence-electron chi connectivity index (χ3n) is 4.51. The number of carbonyl (C=O) groups is 2. The molecule has 2 rings (SSSR count). The molecule has 0 aliphatic carbocycles. The summed E-state index contributed by atoms with van der Waals surface area (Å²) in [6, 6.07) is 7.11. The number of hydrogen-bond donors (Lipinski definition) is 1. The van der Waals surface area contributed by atoms with Crippen LogP contribution in [0.4, 0.5) is 0 Å². The first-order valence-electron chi connectivity index (χ1n) is 9.87. The van der Waals surface area contributed by atoms with E-state index in [1.165, 1.54) is 13.8 Å². The quantitative estimate of drug-likeness (QED) is 0.172. The highest BCUT2D eigenvalue weighted by atomic mass is 16.7. The molecule has 1 saturated heterocycles. The van der Waals surface area contributed by atoms with Crippen LogP contribution in [0.3, 0.4) is 0 Å². The van der Waals surface area contributed by atoms with Crippen LogP contribution in [0.2, 0.25) is 0 Å². The number of benzene rings is 1. The van der Waals surface area contributed by atoms with Gasteiger partial charge in [-0.25, -0.2) is 0 Å². The van der Waals surface area contributed by atoms with E-state index >= 15 is 0 Å². The second-order valence-corrected chi connectivity index (χ2v) is 6.82. The normalized spacial score (nSPS) is 24.8. The monoisotopic (exact) mass is 453 g/mol. The second-order valence-electron chi connectivity index (χ2n) is 6.82. The third-order valence-corrected chi connectivity index (χ3v) is 4.51. The summed E-state index contributed by atoms with van der Waals surface area (Å²) in [6.07, 6.45) is -5.40. The lowest BCUT2D eigenvalue weighted by molar-refractivity contribution is -0.312. The third kappa shape index (κ3) is 7.36. The van der Waals surface area contributed by atoms with Crippen molar-refractivity contribution in [2.75, 3.05) is 26.9 Å². The van der Waals surface area contributed by atoms with Crippen LogP contribution < -0.4 is 4.74 Å². The van der Waals surface area contributed by atoms with Crippen molar-refractivity contribution in [2.45, 2.75) is 51.2 Å². The second kappa shape index (κ2) is 12.8. The Kier molecular flexibility index (Phi) is 10.2. The molecule has 0 amide bonds. The minimum Gasteiger partial charge on any atom is -0.497 e. The van der Waals surface area contributed by atoms with Crippen LogP contribution in [0.15, 0.2) is 29.4 Å². The Morgan fingerprint density at radius 3 is 2.31 bits per heavy atom. The van der Waals surface area contributed by atoms with E-state index in [4.69, 9.17) is 34.0 Å². The van der Waals surface area contributed by atoms with Gasteiger partial charge in [-0.2, -0.15) is 0 Å². The van der Waals surface area contributed by atoms with Crippen LogP contribution in [0.5, 0.6) is 5.75 Å². The Labute approximate surface area is 184 Å². The van der Waals surface area contributed by atoms with Crippen molar-refractivity contribution in [3.63, 3.8) is 0 Å². The average Bonchev–Trinajstić information content (AvgIpc) is 2.77. The van der Waals surface area contributed by atoms with Crippen molar-refractivity contribution in [2.24, 2.45) is 5.11 Å². The predicted molar refractivity (Wildman–Crippen MR) is 108 cm³/mol. The summed E-state index contributed by atoms with van der Waals surface area (Å²) in [5.41, 5.74) is 9.19. The summed E-state index contributed by atoms with van der Waals surface area (Å²) in [4.78, 5) is 26.2. The highest BCUT2D eigenvalue weighted by Gasteiger charge is 2.51. The summed E-state index contributed by atoms with van der Waals surface area (Å²) in [6.45, 7) is 1.96. The number of rotatable bonds is 11. The minimum absolute atomic E-state index is 0.00255. The van der Waals surface area contributed by atoms with Gasteiger partial charge in [-0.05, 0) is 23.2 Å². The molecule has 0 aromatic heterocycles. The number of hydrogen-bond acceptors (Lipinski definition) is 10. The molecule has 1 aliphatic rings. The largest absolute Gasteiger partial charge is 0.497 e. The lowest BCUT2D eigenvalue weighted by atomic mass is 9.98.